The summed E-state index contributed by atoms with van der Waals surface area (Å²) in [6.07, 6.45) is 8.90. The van der Waals surface area contributed by atoms with Gasteiger partial charge in [-0.25, -0.2) is 0 Å². The normalized spacial score (nSPS) is 47.6. The molecule has 0 aromatic heterocycles. The van der Waals surface area contributed by atoms with E-state index in [1.165, 1.54) is 24.0 Å². The SMILES string of the molecule is C=C1CCC[C@@]2(C)C1=CC(=O)[C@@H]1[C@H]2CC[C@]2(C)C(=O)CC[C@@H]12. The molecule has 0 spiro atoms. The molecule has 4 aliphatic carbocycles. The van der Waals surface area contributed by atoms with Crippen molar-refractivity contribution in [2.24, 2.45) is 28.6 Å². The molecule has 0 bridgehead atoms. The Morgan fingerprint density at radius 1 is 1.05 bits per heavy atom. The van der Waals surface area contributed by atoms with Crippen molar-refractivity contribution in [2.45, 2.75) is 58.8 Å². The van der Waals surface area contributed by atoms with Crippen molar-refractivity contribution < 1.29 is 9.59 Å². The molecular formula is C20H26O2. The fourth-order valence-corrected chi connectivity index (χ4v) is 6.26. The number of rotatable bonds is 0. The van der Waals surface area contributed by atoms with Crippen LogP contribution in [0.5, 0.6) is 0 Å². The van der Waals surface area contributed by atoms with Gasteiger partial charge in [-0.05, 0) is 67.4 Å². The fraction of sp³-hybridized carbons (Fsp3) is 0.700. The Hall–Kier alpha value is -1.18. The van der Waals surface area contributed by atoms with Crippen LogP contribution in [0.1, 0.15) is 58.8 Å². The van der Waals surface area contributed by atoms with Gasteiger partial charge in [0.1, 0.15) is 5.78 Å². The summed E-state index contributed by atoms with van der Waals surface area (Å²) in [7, 11) is 0. The van der Waals surface area contributed by atoms with E-state index < -0.39 is 0 Å². The van der Waals surface area contributed by atoms with Gasteiger partial charge < -0.3 is 0 Å². The first-order chi connectivity index (χ1) is 10.4. The van der Waals surface area contributed by atoms with Gasteiger partial charge in [-0.15, -0.1) is 0 Å². The van der Waals surface area contributed by atoms with Gasteiger partial charge in [0, 0.05) is 17.8 Å². The third-order valence-electron chi connectivity index (χ3n) is 7.58. The van der Waals surface area contributed by atoms with E-state index in [0.717, 1.165) is 25.7 Å². The number of fused-ring (bicyclic) bond motifs is 5. The lowest BCUT2D eigenvalue weighted by Gasteiger charge is -2.55. The number of allylic oxidation sites excluding steroid dienone is 3. The molecule has 0 N–H and O–H groups in total. The molecule has 0 aromatic carbocycles. The highest BCUT2D eigenvalue weighted by atomic mass is 16.1. The molecule has 0 radical (unpaired) electrons. The van der Waals surface area contributed by atoms with Gasteiger partial charge in [0.05, 0.1) is 0 Å². The summed E-state index contributed by atoms with van der Waals surface area (Å²) in [4.78, 5) is 25.3. The van der Waals surface area contributed by atoms with Gasteiger partial charge in [-0.3, -0.25) is 9.59 Å². The number of carbonyl (C=O) groups is 2. The average Bonchev–Trinajstić information content (AvgIpc) is 2.77. The summed E-state index contributed by atoms with van der Waals surface area (Å²) in [5.74, 6) is 1.45. The predicted octanol–water partition coefficient (Wildman–Crippen LogP) is 4.25. The molecule has 0 unspecified atom stereocenters. The molecule has 0 heterocycles. The molecule has 0 saturated heterocycles. The first-order valence-electron chi connectivity index (χ1n) is 8.85. The van der Waals surface area contributed by atoms with E-state index in [9.17, 15) is 9.59 Å². The van der Waals surface area contributed by atoms with Crippen LogP contribution in [0.25, 0.3) is 0 Å². The van der Waals surface area contributed by atoms with Crippen LogP contribution in [-0.2, 0) is 9.59 Å². The zero-order valence-corrected chi connectivity index (χ0v) is 13.8. The van der Waals surface area contributed by atoms with E-state index >= 15 is 0 Å². The van der Waals surface area contributed by atoms with Gasteiger partial charge in [-0.2, -0.15) is 0 Å². The number of hydrogen-bond donors (Lipinski definition) is 0. The molecule has 2 heteroatoms. The Bertz CT molecular complexity index is 613. The molecule has 3 saturated carbocycles. The zero-order valence-electron chi connectivity index (χ0n) is 13.8. The van der Waals surface area contributed by atoms with Crippen LogP contribution in [-0.4, -0.2) is 11.6 Å². The molecule has 0 amide bonds. The van der Waals surface area contributed by atoms with Crippen molar-refractivity contribution >= 4 is 11.6 Å². The average molecular weight is 298 g/mol. The van der Waals surface area contributed by atoms with Crippen molar-refractivity contribution in [1.29, 1.82) is 0 Å². The third kappa shape index (κ3) is 1.62. The van der Waals surface area contributed by atoms with Crippen LogP contribution in [0.2, 0.25) is 0 Å². The second kappa shape index (κ2) is 4.43. The number of ketones is 2. The topological polar surface area (TPSA) is 34.1 Å². The van der Waals surface area contributed by atoms with Crippen LogP contribution < -0.4 is 0 Å². The molecule has 3 fully saturated rings. The first kappa shape index (κ1) is 14.4. The predicted molar refractivity (Wildman–Crippen MR) is 86.2 cm³/mol. The Morgan fingerprint density at radius 3 is 2.55 bits per heavy atom. The molecule has 4 aliphatic rings. The van der Waals surface area contributed by atoms with E-state index in [2.05, 4.69) is 20.4 Å². The maximum absolute atomic E-state index is 12.9. The Kier molecular flexibility index (Phi) is 2.90. The van der Waals surface area contributed by atoms with Crippen LogP contribution in [0.15, 0.2) is 23.8 Å². The summed E-state index contributed by atoms with van der Waals surface area (Å²) < 4.78 is 0. The first-order valence-corrected chi connectivity index (χ1v) is 8.85. The fourth-order valence-electron chi connectivity index (χ4n) is 6.26. The van der Waals surface area contributed by atoms with Gasteiger partial charge in [0.15, 0.2) is 5.78 Å². The smallest absolute Gasteiger partial charge is 0.159 e. The molecule has 0 aromatic rings. The molecule has 0 aliphatic heterocycles. The lowest BCUT2D eigenvalue weighted by molar-refractivity contribution is -0.138. The number of hydrogen-bond acceptors (Lipinski definition) is 2. The van der Waals surface area contributed by atoms with E-state index in [-0.39, 0.29) is 28.4 Å². The maximum atomic E-state index is 12.9. The quantitative estimate of drug-likeness (QED) is 0.670. The highest BCUT2D eigenvalue weighted by Crippen LogP contribution is 2.63. The van der Waals surface area contributed by atoms with Crippen LogP contribution in [0.4, 0.5) is 0 Å². The summed E-state index contributed by atoms with van der Waals surface area (Å²) in [5.41, 5.74) is 2.29. The summed E-state index contributed by atoms with van der Waals surface area (Å²) in [5, 5.41) is 0. The highest BCUT2D eigenvalue weighted by molar-refractivity contribution is 5.97. The van der Waals surface area contributed by atoms with Crippen molar-refractivity contribution in [3.05, 3.63) is 23.8 Å². The van der Waals surface area contributed by atoms with Gasteiger partial charge >= 0.3 is 0 Å². The van der Waals surface area contributed by atoms with E-state index in [4.69, 9.17) is 0 Å². The summed E-state index contributed by atoms with van der Waals surface area (Å²) in [6, 6.07) is 0. The molecule has 22 heavy (non-hydrogen) atoms. The van der Waals surface area contributed by atoms with Gasteiger partial charge in [0.25, 0.3) is 0 Å². The molecule has 4 rings (SSSR count). The van der Waals surface area contributed by atoms with Gasteiger partial charge in [0.2, 0.25) is 0 Å². The maximum Gasteiger partial charge on any atom is 0.159 e. The molecule has 118 valence electrons. The minimum absolute atomic E-state index is 0.0739. The largest absolute Gasteiger partial charge is 0.299 e. The van der Waals surface area contributed by atoms with Crippen LogP contribution >= 0.6 is 0 Å². The van der Waals surface area contributed by atoms with Crippen molar-refractivity contribution in [3.63, 3.8) is 0 Å². The van der Waals surface area contributed by atoms with Crippen molar-refractivity contribution in [1.82, 2.24) is 0 Å². The van der Waals surface area contributed by atoms with E-state index in [1.54, 1.807) is 0 Å². The summed E-state index contributed by atoms with van der Waals surface area (Å²) >= 11 is 0. The number of Topliss-reactive ketones (excluding diaryl/α,β-unsaturated/α-hetero) is 1. The van der Waals surface area contributed by atoms with Crippen LogP contribution in [0.3, 0.4) is 0 Å². The lowest BCUT2D eigenvalue weighted by atomic mass is 9.47. The van der Waals surface area contributed by atoms with Gasteiger partial charge in [-0.1, -0.05) is 26.0 Å². The molecule has 5 atom stereocenters. The van der Waals surface area contributed by atoms with Crippen molar-refractivity contribution in [3.8, 4) is 0 Å². The van der Waals surface area contributed by atoms with E-state index in [0.29, 0.717) is 18.1 Å². The minimum atomic E-state index is -0.232. The number of carbonyl (C=O) groups excluding carboxylic acids is 2. The zero-order chi connectivity index (χ0) is 15.7. The minimum Gasteiger partial charge on any atom is -0.299 e. The monoisotopic (exact) mass is 298 g/mol. The second-order valence-corrected chi connectivity index (χ2v) is 8.49. The third-order valence-corrected chi connectivity index (χ3v) is 7.58. The van der Waals surface area contributed by atoms with E-state index in [1.807, 2.05) is 6.08 Å². The summed E-state index contributed by atoms with van der Waals surface area (Å²) in [6.45, 7) is 8.71. The Morgan fingerprint density at radius 2 is 1.77 bits per heavy atom. The van der Waals surface area contributed by atoms with Crippen LogP contribution in [0, 0.1) is 28.6 Å². The Labute approximate surface area is 133 Å². The lowest BCUT2D eigenvalue weighted by Crippen LogP contribution is -2.52. The second-order valence-electron chi connectivity index (χ2n) is 8.49. The van der Waals surface area contributed by atoms with Crippen molar-refractivity contribution in [2.75, 3.05) is 0 Å². The standard InChI is InChI=1S/C20H26O2/c1-12-5-4-9-19(2)14-8-10-20(3)13(6-7-17(20)22)18(14)16(21)11-15(12)19/h11,13-14,18H,1,4-10H2,2-3H3/t13-,14+,18-,19+,20-/m0/s1. The Balaban J connectivity index is 1.81. The molecule has 2 nitrogen and oxygen atoms in total. The highest BCUT2D eigenvalue weighted by Gasteiger charge is 2.60. The molecular weight excluding hydrogens is 272 g/mol.